The molecule has 0 saturated carbocycles. The first-order chi connectivity index (χ1) is 8.97. The highest BCUT2D eigenvalue weighted by Crippen LogP contribution is 2.26. The summed E-state index contributed by atoms with van der Waals surface area (Å²) in [5, 5.41) is 5.26. The van der Waals surface area contributed by atoms with Crippen molar-refractivity contribution in [3.8, 4) is 0 Å². The van der Waals surface area contributed by atoms with Crippen LogP contribution in [0.15, 0.2) is 0 Å². The van der Waals surface area contributed by atoms with Gasteiger partial charge in [0.1, 0.15) is 6.04 Å². The van der Waals surface area contributed by atoms with E-state index in [0.717, 1.165) is 12.8 Å². The first kappa shape index (κ1) is 14.6. The first-order valence-corrected chi connectivity index (χ1v) is 6.65. The van der Waals surface area contributed by atoms with Gasteiger partial charge in [0.25, 0.3) is 0 Å². The van der Waals surface area contributed by atoms with Crippen molar-refractivity contribution < 1.29 is 22.7 Å². The number of amides is 1. The third-order valence-electron chi connectivity index (χ3n) is 3.69. The molecule has 3 unspecified atom stereocenters. The van der Waals surface area contributed by atoms with E-state index in [1.165, 1.54) is 0 Å². The quantitative estimate of drug-likeness (QED) is 0.799. The van der Waals surface area contributed by atoms with Crippen molar-refractivity contribution in [1.82, 2.24) is 10.6 Å². The lowest BCUT2D eigenvalue weighted by molar-refractivity contribution is -0.161. The van der Waals surface area contributed by atoms with Crippen molar-refractivity contribution in [1.29, 1.82) is 0 Å². The number of rotatable bonds is 2. The molecule has 2 fully saturated rings. The molecule has 1 amide bonds. The van der Waals surface area contributed by atoms with Crippen molar-refractivity contribution in [2.75, 3.05) is 19.8 Å². The number of carbonyl (C=O) groups is 1. The van der Waals surface area contributed by atoms with E-state index >= 15 is 0 Å². The summed E-state index contributed by atoms with van der Waals surface area (Å²) in [6.07, 6.45) is -2.19. The topological polar surface area (TPSA) is 50.4 Å². The average molecular weight is 280 g/mol. The number of hydrogen-bond donors (Lipinski definition) is 2. The Hall–Kier alpha value is -0.820. The Bertz CT molecular complexity index is 309. The maximum Gasteiger partial charge on any atom is 0.403 e. The zero-order chi connectivity index (χ0) is 13.9. The molecule has 0 aliphatic carbocycles. The molecule has 0 aromatic heterocycles. The summed E-state index contributed by atoms with van der Waals surface area (Å²) in [7, 11) is 0. The number of hydrogen-bond acceptors (Lipinski definition) is 3. The largest absolute Gasteiger partial charge is 0.403 e. The van der Waals surface area contributed by atoms with Crippen molar-refractivity contribution in [2.24, 2.45) is 5.92 Å². The number of halogens is 3. The van der Waals surface area contributed by atoms with Crippen molar-refractivity contribution in [2.45, 2.75) is 43.9 Å². The Kier molecular flexibility index (Phi) is 4.67. The monoisotopic (exact) mass is 280 g/mol. The highest BCUT2D eigenvalue weighted by Gasteiger charge is 2.41. The van der Waals surface area contributed by atoms with Gasteiger partial charge in [-0.1, -0.05) is 0 Å². The number of nitrogens with one attached hydrogen (secondary N) is 2. The Labute approximate surface area is 110 Å². The van der Waals surface area contributed by atoms with E-state index in [2.05, 4.69) is 10.6 Å². The molecule has 110 valence electrons. The summed E-state index contributed by atoms with van der Waals surface area (Å²) < 4.78 is 42.6. The van der Waals surface area contributed by atoms with Crippen molar-refractivity contribution in [3.05, 3.63) is 0 Å². The van der Waals surface area contributed by atoms with Gasteiger partial charge < -0.3 is 15.4 Å². The van der Waals surface area contributed by atoms with Crippen LogP contribution in [0, 0.1) is 5.92 Å². The molecule has 0 spiro atoms. The van der Waals surface area contributed by atoms with Crippen molar-refractivity contribution >= 4 is 5.91 Å². The molecule has 4 nitrogen and oxygen atoms in total. The third-order valence-corrected chi connectivity index (χ3v) is 3.69. The summed E-state index contributed by atoms with van der Waals surface area (Å²) in [5.41, 5.74) is 0. The number of alkyl halides is 3. The molecule has 0 radical (unpaired) electrons. The maximum absolute atomic E-state index is 12.5. The summed E-state index contributed by atoms with van der Waals surface area (Å²) in [6, 6.07) is -1.66. The van der Waals surface area contributed by atoms with Crippen LogP contribution < -0.4 is 10.6 Å². The van der Waals surface area contributed by atoms with E-state index < -0.39 is 12.2 Å². The van der Waals surface area contributed by atoms with Crippen LogP contribution in [0.4, 0.5) is 13.2 Å². The molecule has 2 aliphatic heterocycles. The molecule has 2 rings (SSSR count). The standard InChI is InChI=1S/C12H19F3N2O2/c13-12(14,15)10-4-3-9(6-16-10)17-11(18)8-2-1-5-19-7-8/h8-10,16H,1-7H2,(H,17,18). The summed E-state index contributed by atoms with van der Waals surface area (Å²) >= 11 is 0. The van der Waals surface area contributed by atoms with Gasteiger partial charge in [0.2, 0.25) is 5.91 Å². The fourth-order valence-electron chi connectivity index (χ4n) is 2.53. The normalized spacial score (nSPS) is 32.9. The zero-order valence-electron chi connectivity index (χ0n) is 10.6. The highest BCUT2D eigenvalue weighted by atomic mass is 19.4. The van der Waals surface area contributed by atoms with Gasteiger partial charge in [-0.25, -0.2) is 0 Å². The van der Waals surface area contributed by atoms with Crippen LogP contribution in [0.25, 0.3) is 0 Å². The molecule has 2 aliphatic rings. The van der Waals surface area contributed by atoms with Gasteiger partial charge in [-0.2, -0.15) is 13.2 Å². The smallest absolute Gasteiger partial charge is 0.381 e. The summed E-state index contributed by atoms with van der Waals surface area (Å²) in [5.74, 6) is -0.258. The van der Waals surface area contributed by atoms with E-state index in [-0.39, 0.29) is 30.8 Å². The van der Waals surface area contributed by atoms with Gasteiger partial charge in [-0.3, -0.25) is 4.79 Å². The molecule has 2 saturated heterocycles. The molecular formula is C12H19F3N2O2. The van der Waals surface area contributed by atoms with Gasteiger partial charge >= 0.3 is 6.18 Å². The van der Waals surface area contributed by atoms with Crippen LogP contribution >= 0.6 is 0 Å². The van der Waals surface area contributed by atoms with E-state index in [9.17, 15) is 18.0 Å². The number of piperidine rings is 1. The molecule has 0 bridgehead atoms. The molecule has 7 heteroatoms. The predicted octanol–water partition coefficient (Wildman–Crippen LogP) is 1.21. The van der Waals surface area contributed by atoms with Crippen LogP contribution in [0.2, 0.25) is 0 Å². The molecule has 19 heavy (non-hydrogen) atoms. The second-order valence-electron chi connectivity index (χ2n) is 5.20. The minimum atomic E-state index is -4.20. The fourth-order valence-corrected chi connectivity index (χ4v) is 2.53. The molecule has 0 aromatic carbocycles. The van der Waals surface area contributed by atoms with Gasteiger partial charge in [-0.15, -0.1) is 0 Å². The van der Waals surface area contributed by atoms with Crippen molar-refractivity contribution in [3.63, 3.8) is 0 Å². The Morgan fingerprint density at radius 1 is 1.26 bits per heavy atom. The number of carbonyl (C=O) groups excluding carboxylic acids is 1. The first-order valence-electron chi connectivity index (χ1n) is 6.65. The molecule has 2 heterocycles. The van der Waals surface area contributed by atoms with E-state index in [4.69, 9.17) is 4.74 Å². The van der Waals surface area contributed by atoms with Gasteiger partial charge in [0.15, 0.2) is 0 Å². The van der Waals surface area contributed by atoms with Gasteiger partial charge in [0.05, 0.1) is 12.5 Å². The molecular weight excluding hydrogens is 261 g/mol. The molecule has 2 N–H and O–H groups in total. The summed E-state index contributed by atoms with van der Waals surface area (Å²) in [6.45, 7) is 1.27. The highest BCUT2D eigenvalue weighted by molar-refractivity contribution is 5.79. The second-order valence-corrected chi connectivity index (χ2v) is 5.20. The van der Waals surface area contributed by atoms with Gasteiger partial charge in [-0.05, 0) is 25.7 Å². The average Bonchev–Trinajstić information content (AvgIpc) is 2.39. The Balaban J connectivity index is 1.74. The van der Waals surface area contributed by atoms with Gasteiger partial charge in [0, 0.05) is 19.2 Å². The minimum Gasteiger partial charge on any atom is -0.381 e. The zero-order valence-corrected chi connectivity index (χ0v) is 10.6. The van der Waals surface area contributed by atoms with E-state index in [1.807, 2.05) is 0 Å². The Morgan fingerprint density at radius 3 is 2.58 bits per heavy atom. The molecule has 3 atom stereocenters. The van der Waals surface area contributed by atoms with E-state index in [1.54, 1.807) is 0 Å². The van der Waals surface area contributed by atoms with Crippen LogP contribution in [-0.4, -0.2) is 43.9 Å². The lowest BCUT2D eigenvalue weighted by atomic mass is 9.97. The van der Waals surface area contributed by atoms with Crippen LogP contribution in [0.1, 0.15) is 25.7 Å². The third kappa shape index (κ3) is 4.07. The van der Waals surface area contributed by atoms with Crippen LogP contribution in [0.3, 0.4) is 0 Å². The van der Waals surface area contributed by atoms with E-state index in [0.29, 0.717) is 19.6 Å². The second kappa shape index (κ2) is 6.09. The van der Waals surface area contributed by atoms with Crippen LogP contribution in [0.5, 0.6) is 0 Å². The fraction of sp³-hybridized carbons (Fsp3) is 0.917. The lowest BCUT2D eigenvalue weighted by Gasteiger charge is -2.32. The minimum absolute atomic E-state index is 0.00954. The maximum atomic E-state index is 12.5. The van der Waals surface area contributed by atoms with Crippen LogP contribution in [-0.2, 0) is 9.53 Å². The SMILES string of the molecule is O=C(NC1CCC(C(F)(F)F)NC1)C1CCCOC1. The summed E-state index contributed by atoms with van der Waals surface area (Å²) in [4.78, 5) is 11.9. The predicted molar refractivity (Wildman–Crippen MR) is 62.6 cm³/mol. The Morgan fingerprint density at radius 2 is 2.05 bits per heavy atom. The molecule has 0 aromatic rings. The number of ether oxygens (including phenoxy) is 1. The lowest BCUT2D eigenvalue weighted by Crippen LogP contribution is -2.55.